The summed E-state index contributed by atoms with van der Waals surface area (Å²) < 4.78 is 1.28. The molecule has 0 fully saturated rings. The van der Waals surface area contributed by atoms with Crippen LogP contribution in [-0.4, -0.2) is 20.6 Å². The highest BCUT2D eigenvalue weighted by Gasteiger charge is 2.10. The molecule has 19 heavy (non-hydrogen) atoms. The smallest absolute Gasteiger partial charge is 0.341 e. The first-order valence-electron chi connectivity index (χ1n) is 5.39. The summed E-state index contributed by atoms with van der Waals surface area (Å²) in [6.45, 7) is 0.192. The summed E-state index contributed by atoms with van der Waals surface area (Å²) >= 11 is 0. The van der Waals surface area contributed by atoms with Crippen molar-refractivity contribution in [2.45, 2.75) is 6.54 Å². The fourth-order valence-electron chi connectivity index (χ4n) is 1.65. The van der Waals surface area contributed by atoms with Crippen molar-refractivity contribution in [3.63, 3.8) is 0 Å². The summed E-state index contributed by atoms with van der Waals surface area (Å²) in [7, 11) is 0. The highest BCUT2D eigenvalue weighted by molar-refractivity contribution is 5.86. The topological polar surface area (TPSA) is 96.0 Å². The minimum atomic E-state index is -1.26. The number of pyridine rings is 2. The molecule has 0 unspecified atom stereocenters. The molecule has 0 aliphatic heterocycles. The Balaban J connectivity index is 2.39. The van der Waals surface area contributed by atoms with E-state index in [0.717, 1.165) is 0 Å². The summed E-state index contributed by atoms with van der Waals surface area (Å²) in [6, 6.07) is 7.88. The van der Waals surface area contributed by atoms with Crippen LogP contribution in [0.5, 0.6) is 0 Å². The van der Waals surface area contributed by atoms with Gasteiger partial charge in [-0.2, -0.15) is 5.26 Å². The number of nitrogens with zero attached hydrogens (tertiary/aromatic N) is 3. The Bertz CT molecular complexity index is 728. The van der Waals surface area contributed by atoms with E-state index >= 15 is 0 Å². The molecule has 0 saturated carbocycles. The molecular weight excluding hydrogens is 246 g/mol. The second-order valence-corrected chi connectivity index (χ2v) is 3.82. The van der Waals surface area contributed by atoms with Gasteiger partial charge in [0.1, 0.15) is 17.3 Å². The molecule has 1 N–H and O–H groups in total. The Kier molecular flexibility index (Phi) is 3.39. The van der Waals surface area contributed by atoms with Crippen molar-refractivity contribution in [1.82, 2.24) is 9.55 Å². The zero-order chi connectivity index (χ0) is 13.8. The number of rotatable bonds is 3. The summed E-state index contributed by atoms with van der Waals surface area (Å²) in [4.78, 5) is 26.6. The SMILES string of the molecule is N#Cc1cc(Cn2cccc(C(=O)O)c2=O)ccn1. The van der Waals surface area contributed by atoms with Crippen LogP contribution in [-0.2, 0) is 6.54 Å². The van der Waals surface area contributed by atoms with Crippen molar-refractivity contribution in [3.8, 4) is 6.07 Å². The zero-order valence-electron chi connectivity index (χ0n) is 9.78. The van der Waals surface area contributed by atoms with E-state index in [1.807, 2.05) is 6.07 Å². The average molecular weight is 255 g/mol. The molecule has 0 aliphatic carbocycles. The first kappa shape index (κ1) is 12.5. The second-order valence-electron chi connectivity index (χ2n) is 3.82. The van der Waals surface area contributed by atoms with E-state index in [1.54, 1.807) is 12.1 Å². The lowest BCUT2D eigenvalue weighted by Crippen LogP contribution is -2.26. The van der Waals surface area contributed by atoms with Crippen molar-refractivity contribution in [3.05, 3.63) is 63.8 Å². The summed E-state index contributed by atoms with van der Waals surface area (Å²) in [6.07, 6.45) is 2.97. The predicted octanol–water partition coefficient (Wildman–Crippen LogP) is 0.861. The van der Waals surface area contributed by atoms with Crippen molar-refractivity contribution in [2.75, 3.05) is 0 Å². The van der Waals surface area contributed by atoms with Gasteiger partial charge < -0.3 is 9.67 Å². The number of carbonyl (C=O) groups is 1. The van der Waals surface area contributed by atoms with Crippen LogP contribution in [0, 0.1) is 11.3 Å². The summed E-state index contributed by atoms with van der Waals surface area (Å²) in [5.41, 5.74) is 0.0958. The Morgan fingerprint density at radius 3 is 2.95 bits per heavy atom. The lowest BCUT2D eigenvalue weighted by Gasteiger charge is -2.06. The van der Waals surface area contributed by atoms with E-state index in [-0.39, 0.29) is 17.8 Å². The van der Waals surface area contributed by atoms with Gasteiger partial charge in [-0.3, -0.25) is 4.79 Å². The maximum Gasteiger partial charge on any atom is 0.341 e. The van der Waals surface area contributed by atoms with Gasteiger partial charge in [0.2, 0.25) is 0 Å². The first-order chi connectivity index (χ1) is 9.11. The summed E-state index contributed by atoms with van der Waals surface area (Å²) in [5, 5.41) is 17.6. The van der Waals surface area contributed by atoms with Crippen molar-refractivity contribution in [1.29, 1.82) is 5.26 Å². The van der Waals surface area contributed by atoms with Crippen LogP contribution in [0.25, 0.3) is 0 Å². The van der Waals surface area contributed by atoms with Gasteiger partial charge in [0, 0.05) is 12.4 Å². The monoisotopic (exact) mass is 255 g/mol. The Labute approximate surface area is 108 Å². The van der Waals surface area contributed by atoms with Gasteiger partial charge >= 0.3 is 5.97 Å². The van der Waals surface area contributed by atoms with E-state index in [4.69, 9.17) is 10.4 Å². The first-order valence-corrected chi connectivity index (χ1v) is 5.39. The van der Waals surface area contributed by atoms with Crippen LogP contribution in [0.4, 0.5) is 0 Å². The number of hydrogen-bond acceptors (Lipinski definition) is 4. The van der Waals surface area contributed by atoms with E-state index in [9.17, 15) is 9.59 Å². The lowest BCUT2D eigenvalue weighted by atomic mass is 10.2. The minimum absolute atomic E-state index is 0.192. The molecule has 2 aromatic heterocycles. The van der Waals surface area contributed by atoms with Crippen molar-refractivity contribution < 1.29 is 9.90 Å². The number of nitriles is 1. The van der Waals surface area contributed by atoms with Gasteiger partial charge in [-0.05, 0) is 29.8 Å². The van der Waals surface area contributed by atoms with Crippen molar-refractivity contribution >= 4 is 5.97 Å². The van der Waals surface area contributed by atoms with Gasteiger partial charge in [-0.25, -0.2) is 9.78 Å². The maximum absolute atomic E-state index is 11.9. The van der Waals surface area contributed by atoms with Crippen LogP contribution in [0.3, 0.4) is 0 Å². The Hall–Kier alpha value is -2.94. The maximum atomic E-state index is 11.9. The van der Waals surface area contributed by atoms with Gasteiger partial charge in [0.05, 0.1) is 6.54 Å². The highest BCUT2D eigenvalue weighted by atomic mass is 16.4. The van der Waals surface area contributed by atoms with E-state index in [2.05, 4.69) is 4.98 Å². The Morgan fingerprint density at radius 1 is 1.47 bits per heavy atom. The molecule has 0 aliphatic rings. The molecule has 6 heteroatoms. The normalized spacial score (nSPS) is 9.84. The number of hydrogen-bond donors (Lipinski definition) is 1. The molecule has 6 nitrogen and oxygen atoms in total. The number of aromatic carboxylic acids is 1. The average Bonchev–Trinajstić information content (AvgIpc) is 2.41. The Morgan fingerprint density at radius 2 is 2.26 bits per heavy atom. The molecule has 2 rings (SSSR count). The fourth-order valence-corrected chi connectivity index (χ4v) is 1.65. The second kappa shape index (κ2) is 5.14. The van der Waals surface area contributed by atoms with Crippen LogP contribution in [0.2, 0.25) is 0 Å². The number of carboxylic acid groups (broad SMARTS) is 1. The van der Waals surface area contributed by atoms with Gasteiger partial charge in [-0.15, -0.1) is 0 Å². The van der Waals surface area contributed by atoms with Gasteiger partial charge in [0.25, 0.3) is 5.56 Å². The van der Waals surface area contributed by atoms with E-state index < -0.39 is 11.5 Å². The quantitative estimate of drug-likeness (QED) is 0.877. The molecular formula is C13H9N3O3. The molecule has 0 spiro atoms. The van der Waals surface area contributed by atoms with E-state index in [0.29, 0.717) is 5.56 Å². The van der Waals surface area contributed by atoms with E-state index in [1.165, 1.54) is 29.1 Å². The van der Waals surface area contributed by atoms with Gasteiger partial charge in [0.15, 0.2) is 0 Å². The fraction of sp³-hybridized carbons (Fsp3) is 0.0769. The predicted molar refractivity (Wildman–Crippen MR) is 65.7 cm³/mol. The van der Waals surface area contributed by atoms with Crippen LogP contribution < -0.4 is 5.56 Å². The molecule has 94 valence electrons. The molecule has 0 atom stereocenters. The molecule has 0 saturated heterocycles. The molecule has 0 bridgehead atoms. The zero-order valence-corrected chi connectivity index (χ0v) is 9.78. The third-order valence-corrected chi connectivity index (χ3v) is 2.54. The van der Waals surface area contributed by atoms with Crippen molar-refractivity contribution in [2.24, 2.45) is 0 Å². The molecule has 2 heterocycles. The third-order valence-electron chi connectivity index (χ3n) is 2.54. The largest absolute Gasteiger partial charge is 0.477 e. The number of carboxylic acids is 1. The van der Waals surface area contributed by atoms with Crippen LogP contribution >= 0.6 is 0 Å². The molecule has 2 aromatic rings. The van der Waals surface area contributed by atoms with Crippen LogP contribution in [0.15, 0.2) is 41.5 Å². The molecule has 0 radical (unpaired) electrons. The standard InChI is InChI=1S/C13H9N3O3/c14-7-10-6-9(3-4-15-10)8-16-5-1-2-11(12(16)17)13(18)19/h1-6H,8H2,(H,18,19). The minimum Gasteiger partial charge on any atom is -0.477 e. The van der Waals surface area contributed by atoms with Gasteiger partial charge in [-0.1, -0.05) is 0 Å². The highest BCUT2D eigenvalue weighted by Crippen LogP contribution is 2.03. The van der Waals surface area contributed by atoms with Crippen LogP contribution in [0.1, 0.15) is 21.6 Å². The summed E-state index contributed by atoms with van der Waals surface area (Å²) in [5.74, 6) is -1.26. The molecule has 0 amide bonds. The molecule has 0 aromatic carbocycles. The number of aromatic nitrogens is 2. The lowest BCUT2D eigenvalue weighted by molar-refractivity contribution is 0.0694. The third kappa shape index (κ3) is 2.66.